The van der Waals surface area contributed by atoms with Crippen molar-refractivity contribution in [2.45, 2.75) is 76.5 Å². The number of aliphatic hydroxyl groups excluding tert-OH is 1. The molecule has 0 amide bonds. The van der Waals surface area contributed by atoms with Crippen LogP contribution in [0.1, 0.15) is 61.2 Å². The monoisotopic (exact) mass is 405 g/mol. The van der Waals surface area contributed by atoms with Crippen molar-refractivity contribution in [2.24, 2.45) is 0 Å². The molecule has 2 heterocycles. The number of rotatable bonds is 7. The van der Waals surface area contributed by atoms with Crippen molar-refractivity contribution in [2.75, 3.05) is 20.3 Å². The maximum Gasteiger partial charge on any atom is 0.259 e. The number of aromatic amines is 1. The van der Waals surface area contributed by atoms with Gasteiger partial charge >= 0.3 is 0 Å². The first-order chi connectivity index (χ1) is 13.7. The molecule has 7 heteroatoms. The van der Waals surface area contributed by atoms with Gasteiger partial charge in [0.05, 0.1) is 24.6 Å². The molecule has 0 aromatic carbocycles. The number of aryl methyl sites for hydroxylation is 2. The molecule has 2 aromatic heterocycles. The first kappa shape index (κ1) is 20.0. The molecule has 28 heavy (non-hydrogen) atoms. The van der Waals surface area contributed by atoms with Crippen LogP contribution >= 0.6 is 11.3 Å². The minimum Gasteiger partial charge on any atom is -0.389 e. The number of H-pyrrole nitrogens is 1. The number of nitrogens with one attached hydrogen (secondary N) is 1. The normalized spacial score (nSPS) is 19.2. The van der Waals surface area contributed by atoms with Crippen LogP contribution in [0.15, 0.2) is 4.79 Å². The summed E-state index contributed by atoms with van der Waals surface area (Å²) in [5, 5.41) is 11.1. The molecule has 0 bridgehead atoms. The molecule has 2 aliphatic carbocycles. The van der Waals surface area contributed by atoms with E-state index < -0.39 is 6.10 Å². The molecule has 0 radical (unpaired) electrons. The first-order valence-corrected chi connectivity index (χ1v) is 11.4. The molecule has 2 aliphatic rings. The molecule has 0 aliphatic heterocycles. The lowest BCUT2D eigenvalue weighted by molar-refractivity contribution is 0.0173. The third kappa shape index (κ3) is 4.32. The van der Waals surface area contributed by atoms with E-state index in [-0.39, 0.29) is 5.56 Å². The van der Waals surface area contributed by atoms with Crippen molar-refractivity contribution in [3.05, 3.63) is 26.6 Å². The summed E-state index contributed by atoms with van der Waals surface area (Å²) in [6, 6.07) is 0.429. The van der Waals surface area contributed by atoms with E-state index in [9.17, 15) is 9.90 Å². The zero-order valence-corrected chi connectivity index (χ0v) is 17.5. The molecular formula is C21H31N3O3S. The molecule has 154 valence electrons. The molecule has 1 fully saturated rings. The second-order valence-corrected chi connectivity index (χ2v) is 9.32. The van der Waals surface area contributed by atoms with Crippen LogP contribution in [-0.2, 0) is 24.1 Å². The highest BCUT2D eigenvalue weighted by molar-refractivity contribution is 7.18. The largest absolute Gasteiger partial charge is 0.389 e. The van der Waals surface area contributed by atoms with E-state index in [1.165, 1.54) is 36.1 Å². The number of thiophene rings is 1. The van der Waals surface area contributed by atoms with E-state index in [0.29, 0.717) is 31.6 Å². The van der Waals surface area contributed by atoms with Crippen molar-refractivity contribution < 1.29 is 9.84 Å². The molecule has 2 N–H and O–H groups in total. The van der Waals surface area contributed by atoms with Crippen LogP contribution in [0.25, 0.3) is 10.2 Å². The van der Waals surface area contributed by atoms with Crippen LogP contribution in [0, 0.1) is 0 Å². The second kappa shape index (κ2) is 9.03. The minimum absolute atomic E-state index is 0.000402. The van der Waals surface area contributed by atoms with E-state index >= 15 is 0 Å². The summed E-state index contributed by atoms with van der Waals surface area (Å²) >= 11 is 1.69. The Labute approximate surface area is 169 Å². The number of aliphatic hydroxyl groups is 1. The second-order valence-electron chi connectivity index (χ2n) is 8.23. The molecule has 0 saturated heterocycles. The van der Waals surface area contributed by atoms with Crippen LogP contribution in [0.5, 0.6) is 0 Å². The summed E-state index contributed by atoms with van der Waals surface area (Å²) < 4.78 is 5.12. The molecule has 2 aromatic rings. The van der Waals surface area contributed by atoms with Crippen LogP contribution < -0.4 is 5.56 Å². The zero-order valence-electron chi connectivity index (χ0n) is 16.7. The van der Waals surface area contributed by atoms with Gasteiger partial charge in [0.15, 0.2) is 0 Å². The van der Waals surface area contributed by atoms with Gasteiger partial charge in [-0.2, -0.15) is 0 Å². The highest BCUT2D eigenvalue weighted by Crippen LogP contribution is 2.33. The van der Waals surface area contributed by atoms with Crippen molar-refractivity contribution in [3.8, 4) is 0 Å². The van der Waals surface area contributed by atoms with E-state index in [1.807, 2.05) is 0 Å². The quantitative estimate of drug-likeness (QED) is 0.740. The van der Waals surface area contributed by atoms with Gasteiger partial charge in [0.25, 0.3) is 5.56 Å². The number of aromatic nitrogens is 2. The Morgan fingerprint density at radius 2 is 2.04 bits per heavy atom. The number of fused-ring (bicyclic) bond motifs is 3. The number of ether oxygens (including phenoxy) is 1. The highest BCUT2D eigenvalue weighted by Gasteiger charge is 2.25. The third-order valence-corrected chi connectivity index (χ3v) is 7.31. The van der Waals surface area contributed by atoms with E-state index in [1.54, 1.807) is 18.4 Å². The Balaban J connectivity index is 1.60. The number of hydrogen-bond acceptors (Lipinski definition) is 6. The van der Waals surface area contributed by atoms with Crippen molar-refractivity contribution in [1.29, 1.82) is 0 Å². The Hall–Kier alpha value is -1.28. The molecule has 1 atom stereocenters. The lowest BCUT2D eigenvalue weighted by Crippen LogP contribution is -2.42. The predicted octanol–water partition coefficient (Wildman–Crippen LogP) is 3.01. The fraction of sp³-hybridized carbons (Fsp3) is 0.714. The van der Waals surface area contributed by atoms with Gasteiger partial charge in [-0.25, -0.2) is 4.98 Å². The molecule has 0 spiro atoms. The van der Waals surface area contributed by atoms with Crippen molar-refractivity contribution >= 4 is 21.6 Å². The fourth-order valence-corrected chi connectivity index (χ4v) is 6.06. The summed E-state index contributed by atoms with van der Waals surface area (Å²) in [7, 11) is 1.61. The Kier molecular flexibility index (Phi) is 6.45. The summed E-state index contributed by atoms with van der Waals surface area (Å²) in [6.45, 7) is 1.43. The standard InChI is InChI=1S/C21H31N3O3S/c1-27-13-15(25)11-24(14-7-3-2-4-8-14)12-18-22-20(26)19-16-9-5-6-10-17(16)28-21(19)23-18/h14-15,25H,2-13H2,1H3,(H,22,23,26). The average Bonchev–Trinajstić information content (AvgIpc) is 3.07. The van der Waals surface area contributed by atoms with Crippen LogP contribution in [-0.4, -0.2) is 52.4 Å². The van der Waals surface area contributed by atoms with Gasteiger partial charge in [-0.15, -0.1) is 11.3 Å². The van der Waals surface area contributed by atoms with Crippen LogP contribution in [0.2, 0.25) is 0 Å². The summed E-state index contributed by atoms with van der Waals surface area (Å²) in [5.41, 5.74) is 1.23. The number of hydrogen-bond donors (Lipinski definition) is 2. The maximum absolute atomic E-state index is 12.8. The lowest BCUT2D eigenvalue weighted by atomic mass is 9.94. The van der Waals surface area contributed by atoms with Crippen molar-refractivity contribution in [3.63, 3.8) is 0 Å². The Morgan fingerprint density at radius 1 is 1.25 bits per heavy atom. The lowest BCUT2D eigenvalue weighted by Gasteiger charge is -2.35. The van der Waals surface area contributed by atoms with Crippen LogP contribution in [0.3, 0.4) is 0 Å². The van der Waals surface area contributed by atoms with Gasteiger partial charge in [0.2, 0.25) is 0 Å². The predicted molar refractivity (Wildman–Crippen MR) is 112 cm³/mol. The molecular weight excluding hydrogens is 374 g/mol. The molecule has 4 rings (SSSR count). The van der Waals surface area contributed by atoms with Gasteiger partial charge in [-0.3, -0.25) is 9.69 Å². The Morgan fingerprint density at radius 3 is 2.82 bits per heavy atom. The van der Waals surface area contributed by atoms with Crippen molar-refractivity contribution in [1.82, 2.24) is 14.9 Å². The minimum atomic E-state index is -0.531. The smallest absolute Gasteiger partial charge is 0.259 e. The van der Waals surface area contributed by atoms with E-state index in [4.69, 9.17) is 9.72 Å². The topological polar surface area (TPSA) is 78.5 Å². The van der Waals surface area contributed by atoms with Gasteiger partial charge < -0.3 is 14.8 Å². The SMILES string of the molecule is COCC(O)CN(Cc1nc2sc3c(c2c(=O)[nH]1)CCCC3)C1CCCCC1. The molecule has 1 unspecified atom stereocenters. The highest BCUT2D eigenvalue weighted by atomic mass is 32.1. The zero-order chi connectivity index (χ0) is 19.5. The van der Waals surface area contributed by atoms with Gasteiger partial charge in [-0.05, 0) is 44.1 Å². The fourth-order valence-electron chi connectivity index (χ4n) is 4.78. The van der Waals surface area contributed by atoms with E-state index in [2.05, 4.69) is 9.88 Å². The molecule has 6 nitrogen and oxygen atoms in total. The van der Waals surface area contributed by atoms with E-state index in [0.717, 1.165) is 42.3 Å². The first-order valence-electron chi connectivity index (χ1n) is 10.6. The Bertz CT molecular complexity index is 856. The third-order valence-electron chi connectivity index (χ3n) is 6.12. The van der Waals surface area contributed by atoms with Gasteiger partial charge in [0, 0.05) is 24.6 Å². The van der Waals surface area contributed by atoms with Gasteiger partial charge in [0.1, 0.15) is 10.7 Å². The summed E-state index contributed by atoms with van der Waals surface area (Å²) in [6.07, 6.45) is 9.91. The average molecular weight is 406 g/mol. The number of nitrogens with zero attached hydrogens (tertiary/aromatic N) is 2. The van der Waals surface area contributed by atoms with Crippen LogP contribution in [0.4, 0.5) is 0 Å². The number of methoxy groups -OCH3 is 1. The summed E-state index contributed by atoms with van der Waals surface area (Å²) in [5.74, 6) is 0.714. The molecule has 1 saturated carbocycles. The van der Waals surface area contributed by atoms with Gasteiger partial charge in [-0.1, -0.05) is 19.3 Å². The summed E-state index contributed by atoms with van der Waals surface area (Å²) in [4.78, 5) is 25.2. The maximum atomic E-state index is 12.8.